The SMILES string of the molecule is [2H]C([2H])([2H])C([2H])([2H])C(=O)N(c1ccccc1)C1(OC)CCN(C([2H])([2H])C([2H])([2H])c2cccs2)CC1. The van der Waals surface area contributed by atoms with E-state index in [-0.39, 0.29) is 36.5 Å². The Hall–Kier alpha value is -1.69. The van der Waals surface area contributed by atoms with Gasteiger partial charge in [-0.3, -0.25) is 9.69 Å². The molecular formula is C21H28N2O2S. The van der Waals surface area contributed by atoms with Crippen LogP contribution in [0.25, 0.3) is 0 Å². The van der Waals surface area contributed by atoms with Crippen LogP contribution in [0.3, 0.4) is 0 Å². The van der Waals surface area contributed by atoms with Crippen LogP contribution in [0.1, 0.15) is 43.3 Å². The smallest absolute Gasteiger partial charge is 0.229 e. The van der Waals surface area contributed by atoms with E-state index in [1.54, 1.807) is 47.8 Å². The topological polar surface area (TPSA) is 32.8 Å². The van der Waals surface area contributed by atoms with Crippen LogP contribution in [0.5, 0.6) is 0 Å². The molecule has 1 aliphatic heterocycles. The van der Waals surface area contributed by atoms with Gasteiger partial charge in [0.2, 0.25) is 5.91 Å². The molecular weight excluding hydrogens is 344 g/mol. The van der Waals surface area contributed by atoms with E-state index in [1.165, 1.54) is 12.0 Å². The van der Waals surface area contributed by atoms with E-state index in [1.807, 2.05) is 0 Å². The van der Waals surface area contributed by atoms with Gasteiger partial charge in [0.05, 0.1) is 0 Å². The normalized spacial score (nSPS) is 24.4. The van der Waals surface area contributed by atoms with E-state index in [4.69, 9.17) is 17.1 Å². The number of carbonyl (C=O) groups is 1. The fourth-order valence-electron chi connectivity index (χ4n) is 3.14. The minimum Gasteiger partial charge on any atom is -0.358 e. The molecule has 1 amide bonds. The number of rotatable bonds is 7. The van der Waals surface area contributed by atoms with Gasteiger partial charge in [-0.25, -0.2) is 0 Å². The first-order chi connectivity index (χ1) is 16.1. The maximum atomic E-state index is 13.4. The molecule has 1 saturated heterocycles. The van der Waals surface area contributed by atoms with Crippen molar-refractivity contribution in [3.8, 4) is 0 Å². The molecule has 140 valence electrons. The Kier molecular flexibility index (Phi) is 3.59. The van der Waals surface area contributed by atoms with Crippen molar-refractivity contribution in [2.45, 2.75) is 38.2 Å². The van der Waals surface area contributed by atoms with Gasteiger partial charge in [0.25, 0.3) is 0 Å². The number of methoxy groups -OCH3 is 1. The minimum atomic E-state index is -3.22. The molecule has 26 heavy (non-hydrogen) atoms. The summed E-state index contributed by atoms with van der Waals surface area (Å²) in [5.41, 5.74) is -1.21. The molecule has 0 bridgehead atoms. The molecule has 1 aromatic carbocycles. The summed E-state index contributed by atoms with van der Waals surface area (Å²) < 4.78 is 78.8. The zero-order valence-corrected chi connectivity index (χ0v) is 15.4. The molecule has 0 spiro atoms. The lowest BCUT2D eigenvalue weighted by Crippen LogP contribution is -2.59. The number of piperidine rings is 1. The molecule has 0 atom stereocenters. The van der Waals surface area contributed by atoms with E-state index in [2.05, 4.69) is 0 Å². The summed E-state index contributed by atoms with van der Waals surface area (Å²) in [6.07, 6.45) is -5.50. The molecule has 1 fully saturated rings. The molecule has 0 N–H and O–H groups in total. The van der Waals surface area contributed by atoms with Crippen molar-refractivity contribution in [2.75, 3.05) is 31.6 Å². The summed E-state index contributed by atoms with van der Waals surface area (Å²) >= 11 is 1.12. The lowest BCUT2D eigenvalue weighted by molar-refractivity contribution is -0.128. The van der Waals surface area contributed by atoms with Gasteiger partial charge < -0.3 is 9.64 Å². The number of hydrogen-bond donors (Lipinski definition) is 0. The van der Waals surface area contributed by atoms with Crippen LogP contribution < -0.4 is 4.90 Å². The molecule has 5 heteroatoms. The van der Waals surface area contributed by atoms with Crippen LogP contribution in [-0.2, 0) is 15.9 Å². The maximum Gasteiger partial charge on any atom is 0.229 e. The third-order valence-electron chi connectivity index (χ3n) is 4.52. The molecule has 2 aromatic rings. The molecule has 0 saturated carbocycles. The maximum absolute atomic E-state index is 13.4. The van der Waals surface area contributed by atoms with E-state index >= 15 is 0 Å². The number of benzene rings is 1. The van der Waals surface area contributed by atoms with Gasteiger partial charge in [-0.1, -0.05) is 31.1 Å². The zero-order chi connectivity index (χ0) is 26.3. The Morgan fingerprint density at radius 2 is 2.08 bits per heavy atom. The Morgan fingerprint density at radius 1 is 1.31 bits per heavy atom. The van der Waals surface area contributed by atoms with Gasteiger partial charge in [0, 0.05) is 68.8 Å². The van der Waals surface area contributed by atoms with Crippen molar-refractivity contribution >= 4 is 22.9 Å². The van der Waals surface area contributed by atoms with Crippen molar-refractivity contribution in [3.63, 3.8) is 0 Å². The first kappa shape index (κ1) is 10.6. The first-order valence-electron chi connectivity index (χ1n) is 12.9. The molecule has 0 aliphatic carbocycles. The number of aryl methyl sites for hydroxylation is 1. The number of anilines is 1. The number of thiophene rings is 1. The largest absolute Gasteiger partial charge is 0.358 e. The highest BCUT2D eigenvalue weighted by molar-refractivity contribution is 7.09. The standard InChI is InChI=1S/C21H28N2O2S/c1-3-20(24)23(18-8-5-4-6-9-18)21(25-2)12-15-22(16-13-21)14-11-19-10-7-17-26-19/h4-10,17H,3,11-16H2,1-2H3/i1D3,3D2,11D2,14D2. The predicted octanol–water partition coefficient (Wildman–Crippen LogP) is 4.17. The van der Waals surface area contributed by atoms with Gasteiger partial charge in [-0.15, -0.1) is 11.3 Å². The average Bonchev–Trinajstić information content (AvgIpc) is 3.35. The molecule has 2 heterocycles. The van der Waals surface area contributed by atoms with Crippen molar-refractivity contribution in [1.29, 1.82) is 0 Å². The van der Waals surface area contributed by atoms with Crippen LogP contribution in [-0.4, -0.2) is 43.2 Å². The summed E-state index contributed by atoms with van der Waals surface area (Å²) in [7, 11) is 1.34. The van der Waals surface area contributed by atoms with Crippen LogP contribution in [0.2, 0.25) is 0 Å². The lowest BCUT2D eigenvalue weighted by atomic mass is 9.96. The Bertz CT molecular complexity index is 1010. The first-order valence-corrected chi connectivity index (χ1v) is 9.24. The van der Waals surface area contributed by atoms with Crippen molar-refractivity contribution in [2.24, 2.45) is 0 Å². The number of hydrogen-bond acceptors (Lipinski definition) is 4. The summed E-state index contributed by atoms with van der Waals surface area (Å²) in [6.45, 7) is -5.63. The average molecular weight is 382 g/mol. The molecule has 4 nitrogen and oxygen atoms in total. The number of para-hydroxylation sites is 1. The molecule has 0 unspecified atom stereocenters. The van der Waals surface area contributed by atoms with Crippen LogP contribution in [0, 0.1) is 0 Å². The highest BCUT2D eigenvalue weighted by atomic mass is 32.1. The molecule has 1 aliphatic rings. The van der Waals surface area contributed by atoms with Crippen molar-refractivity contribution in [3.05, 3.63) is 52.7 Å². The van der Waals surface area contributed by atoms with E-state index in [0.717, 1.165) is 16.2 Å². The van der Waals surface area contributed by atoms with E-state index in [9.17, 15) is 4.79 Å². The summed E-state index contributed by atoms with van der Waals surface area (Å²) in [5, 5.41) is 1.68. The number of carbonyl (C=O) groups excluding carboxylic acids is 1. The predicted molar refractivity (Wildman–Crippen MR) is 108 cm³/mol. The number of ether oxygens (including phenoxy) is 1. The third-order valence-corrected chi connectivity index (χ3v) is 5.30. The second-order valence-electron chi connectivity index (χ2n) is 5.95. The van der Waals surface area contributed by atoms with Gasteiger partial charge in [0.15, 0.2) is 0 Å². The third kappa shape index (κ3) is 4.17. The highest BCUT2D eigenvalue weighted by Crippen LogP contribution is 2.34. The fraction of sp³-hybridized carbons (Fsp3) is 0.476. The molecule has 0 radical (unpaired) electrons. The summed E-state index contributed by atoms with van der Waals surface area (Å²) in [4.78, 5) is 16.1. The van der Waals surface area contributed by atoms with Crippen molar-refractivity contribution in [1.82, 2.24) is 4.90 Å². The molecule has 1 aromatic heterocycles. The van der Waals surface area contributed by atoms with E-state index in [0.29, 0.717) is 0 Å². The van der Waals surface area contributed by atoms with E-state index < -0.39 is 37.7 Å². The summed E-state index contributed by atoms with van der Waals surface area (Å²) in [5.74, 6) is -1.28. The number of nitrogens with zero attached hydrogens (tertiary/aromatic N) is 2. The van der Waals surface area contributed by atoms with Crippen LogP contribution in [0.4, 0.5) is 5.69 Å². The van der Waals surface area contributed by atoms with Gasteiger partial charge in [0.1, 0.15) is 5.72 Å². The lowest BCUT2D eigenvalue weighted by Gasteiger charge is -2.47. The highest BCUT2D eigenvalue weighted by Gasteiger charge is 2.42. The monoisotopic (exact) mass is 381 g/mol. The Labute approximate surface area is 173 Å². The van der Waals surface area contributed by atoms with Crippen LogP contribution >= 0.6 is 11.3 Å². The van der Waals surface area contributed by atoms with Gasteiger partial charge in [-0.05, 0) is 30.0 Å². The fourth-order valence-corrected chi connectivity index (χ4v) is 3.71. The second-order valence-corrected chi connectivity index (χ2v) is 6.90. The second kappa shape index (κ2) is 8.80. The van der Waals surface area contributed by atoms with Crippen molar-refractivity contribution < 1.29 is 21.9 Å². The Balaban J connectivity index is 1.96. The minimum absolute atomic E-state index is 0.00123. The number of amides is 1. The number of likely N-dealkylation sites (tertiary alicyclic amines) is 1. The molecule has 3 rings (SSSR count). The Morgan fingerprint density at radius 3 is 2.69 bits per heavy atom. The van der Waals surface area contributed by atoms with Gasteiger partial charge >= 0.3 is 0 Å². The van der Waals surface area contributed by atoms with Gasteiger partial charge in [-0.2, -0.15) is 0 Å². The quantitative estimate of drug-likeness (QED) is 0.675. The zero-order valence-electron chi connectivity index (χ0n) is 23.6. The summed E-state index contributed by atoms with van der Waals surface area (Å²) in [6, 6.07) is 11.3. The van der Waals surface area contributed by atoms with Crippen LogP contribution in [0.15, 0.2) is 47.8 Å².